The van der Waals surface area contributed by atoms with E-state index in [0.717, 1.165) is 36.4 Å². The average molecular weight is 454 g/mol. The van der Waals surface area contributed by atoms with Gasteiger partial charge >= 0.3 is 6.36 Å². The average Bonchev–Trinajstić information content (AvgIpc) is 2.69. The summed E-state index contributed by atoms with van der Waals surface area (Å²) in [5.41, 5.74) is 0.593. The van der Waals surface area contributed by atoms with Crippen molar-refractivity contribution < 1.29 is 35.5 Å². The van der Waals surface area contributed by atoms with Crippen molar-refractivity contribution in [2.75, 3.05) is 10.0 Å². The van der Waals surface area contributed by atoms with E-state index in [2.05, 4.69) is 14.8 Å². The summed E-state index contributed by atoms with van der Waals surface area (Å²) in [5.74, 6) is -1.56. The number of nitrogens with one attached hydrogen (secondary N) is 2. The van der Waals surface area contributed by atoms with E-state index in [0.29, 0.717) is 0 Å². The SMILES string of the molecule is O=C(Nc1ccc(OC(F)(F)F)cc1)c1ccc(NS(=O)(=O)c2ccc(F)cc2)cc1. The number of sulfonamides is 1. The zero-order valence-corrected chi connectivity index (χ0v) is 16.3. The summed E-state index contributed by atoms with van der Waals surface area (Å²) in [4.78, 5) is 12.2. The standard InChI is InChI=1S/C20H14F4N2O4S/c21-14-3-11-18(12-4-14)31(28,29)26-16-5-1-13(2-6-16)19(27)25-15-7-9-17(10-8-15)30-20(22,23)24/h1-12,26H,(H,25,27). The van der Waals surface area contributed by atoms with Crippen LogP contribution in [0.3, 0.4) is 0 Å². The van der Waals surface area contributed by atoms with Crippen LogP contribution in [0.2, 0.25) is 0 Å². The normalized spacial score (nSPS) is 11.6. The Balaban J connectivity index is 1.64. The highest BCUT2D eigenvalue weighted by Crippen LogP contribution is 2.24. The Bertz CT molecular complexity index is 1160. The van der Waals surface area contributed by atoms with Gasteiger partial charge in [0.25, 0.3) is 15.9 Å². The van der Waals surface area contributed by atoms with Gasteiger partial charge < -0.3 is 10.1 Å². The number of hydrogen-bond donors (Lipinski definition) is 2. The first-order valence-electron chi connectivity index (χ1n) is 8.57. The molecule has 0 atom stereocenters. The van der Waals surface area contributed by atoms with Crippen LogP contribution in [-0.2, 0) is 10.0 Å². The predicted molar refractivity (Wildman–Crippen MR) is 105 cm³/mol. The van der Waals surface area contributed by atoms with Gasteiger partial charge in [-0.1, -0.05) is 0 Å². The van der Waals surface area contributed by atoms with Gasteiger partial charge in [0, 0.05) is 16.9 Å². The Kier molecular flexibility index (Phi) is 6.16. The summed E-state index contributed by atoms with van der Waals surface area (Å²) in [6.45, 7) is 0. The molecule has 11 heteroatoms. The number of rotatable bonds is 6. The fourth-order valence-corrected chi connectivity index (χ4v) is 3.52. The van der Waals surface area contributed by atoms with Crippen molar-refractivity contribution in [2.24, 2.45) is 0 Å². The van der Waals surface area contributed by atoms with E-state index in [9.17, 15) is 30.8 Å². The molecule has 0 fully saturated rings. The molecule has 6 nitrogen and oxygen atoms in total. The number of anilines is 2. The number of halogens is 4. The largest absolute Gasteiger partial charge is 0.573 e. The molecule has 0 spiro atoms. The number of amides is 1. The van der Waals surface area contributed by atoms with E-state index in [4.69, 9.17) is 0 Å². The number of alkyl halides is 3. The fraction of sp³-hybridized carbons (Fsp3) is 0.0500. The van der Waals surface area contributed by atoms with Gasteiger partial charge in [-0.3, -0.25) is 9.52 Å². The summed E-state index contributed by atoms with van der Waals surface area (Å²) >= 11 is 0. The fourth-order valence-electron chi connectivity index (χ4n) is 2.46. The highest BCUT2D eigenvalue weighted by Gasteiger charge is 2.31. The second-order valence-corrected chi connectivity index (χ2v) is 7.85. The number of ether oxygens (including phenoxy) is 1. The monoisotopic (exact) mass is 454 g/mol. The van der Waals surface area contributed by atoms with Crippen LogP contribution in [0.15, 0.2) is 77.7 Å². The molecule has 0 radical (unpaired) electrons. The second kappa shape index (κ2) is 8.64. The number of benzene rings is 3. The highest BCUT2D eigenvalue weighted by atomic mass is 32.2. The Morgan fingerprint density at radius 1 is 0.806 bits per heavy atom. The lowest BCUT2D eigenvalue weighted by Crippen LogP contribution is -2.17. The van der Waals surface area contributed by atoms with Crippen molar-refractivity contribution >= 4 is 27.3 Å². The molecule has 162 valence electrons. The molecular formula is C20H14F4N2O4S. The van der Waals surface area contributed by atoms with E-state index >= 15 is 0 Å². The Morgan fingerprint density at radius 3 is 1.90 bits per heavy atom. The molecule has 3 aromatic rings. The first kappa shape index (κ1) is 22.1. The van der Waals surface area contributed by atoms with E-state index in [-0.39, 0.29) is 21.8 Å². The molecule has 0 aromatic heterocycles. The Morgan fingerprint density at radius 2 is 1.35 bits per heavy atom. The smallest absolute Gasteiger partial charge is 0.406 e. The molecule has 0 heterocycles. The maximum Gasteiger partial charge on any atom is 0.573 e. The summed E-state index contributed by atoms with van der Waals surface area (Å²) in [6.07, 6.45) is -4.81. The zero-order chi connectivity index (χ0) is 22.6. The number of hydrogen-bond acceptors (Lipinski definition) is 4. The second-order valence-electron chi connectivity index (χ2n) is 6.16. The molecule has 0 aliphatic carbocycles. The van der Waals surface area contributed by atoms with E-state index in [1.807, 2.05) is 0 Å². The minimum atomic E-state index is -4.81. The maximum absolute atomic E-state index is 13.0. The molecule has 3 aromatic carbocycles. The first-order valence-corrected chi connectivity index (χ1v) is 10.1. The van der Waals surface area contributed by atoms with Gasteiger partial charge in [-0.15, -0.1) is 13.2 Å². The molecule has 0 aliphatic heterocycles. The van der Waals surface area contributed by atoms with Crippen LogP contribution in [0.5, 0.6) is 5.75 Å². The molecule has 31 heavy (non-hydrogen) atoms. The van der Waals surface area contributed by atoms with Crippen LogP contribution in [0.1, 0.15) is 10.4 Å². The lowest BCUT2D eigenvalue weighted by atomic mass is 10.2. The van der Waals surface area contributed by atoms with Crippen molar-refractivity contribution in [3.63, 3.8) is 0 Å². The molecule has 0 saturated carbocycles. The summed E-state index contributed by atoms with van der Waals surface area (Å²) in [7, 11) is -3.94. The van der Waals surface area contributed by atoms with Crippen molar-refractivity contribution in [1.82, 2.24) is 0 Å². The molecule has 0 bridgehead atoms. The lowest BCUT2D eigenvalue weighted by molar-refractivity contribution is -0.274. The van der Waals surface area contributed by atoms with Crippen LogP contribution >= 0.6 is 0 Å². The number of carbonyl (C=O) groups excluding carboxylic acids is 1. The third kappa shape index (κ3) is 6.19. The molecule has 1 amide bonds. The highest BCUT2D eigenvalue weighted by molar-refractivity contribution is 7.92. The van der Waals surface area contributed by atoms with Crippen molar-refractivity contribution in [1.29, 1.82) is 0 Å². The van der Waals surface area contributed by atoms with Crippen molar-refractivity contribution in [3.05, 3.63) is 84.2 Å². The maximum atomic E-state index is 13.0. The van der Waals surface area contributed by atoms with Crippen LogP contribution in [0.4, 0.5) is 28.9 Å². The van der Waals surface area contributed by atoms with Gasteiger partial charge in [0.1, 0.15) is 11.6 Å². The predicted octanol–water partition coefficient (Wildman–Crippen LogP) is 4.78. The third-order valence-corrected chi connectivity index (χ3v) is 5.27. The van der Waals surface area contributed by atoms with Crippen LogP contribution < -0.4 is 14.8 Å². The van der Waals surface area contributed by atoms with Gasteiger partial charge in [-0.25, -0.2) is 12.8 Å². The topological polar surface area (TPSA) is 84.5 Å². The van der Waals surface area contributed by atoms with Crippen LogP contribution in [0, 0.1) is 5.82 Å². The van der Waals surface area contributed by atoms with Gasteiger partial charge in [-0.05, 0) is 72.8 Å². The molecule has 0 aliphatic rings. The molecule has 3 rings (SSSR count). The van der Waals surface area contributed by atoms with Gasteiger partial charge in [0.05, 0.1) is 4.90 Å². The quantitative estimate of drug-likeness (QED) is 0.525. The van der Waals surface area contributed by atoms with Crippen molar-refractivity contribution in [2.45, 2.75) is 11.3 Å². The molecule has 2 N–H and O–H groups in total. The minimum Gasteiger partial charge on any atom is -0.406 e. The van der Waals surface area contributed by atoms with Gasteiger partial charge in [0.15, 0.2) is 0 Å². The summed E-state index contributed by atoms with van der Waals surface area (Å²) in [6, 6.07) is 14.3. The van der Waals surface area contributed by atoms with E-state index < -0.39 is 33.9 Å². The molecular weight excluding hydrogens is 440 g/mol. The van der Waals surface area contributed by atoms with Gasteiger partial charge in [0.2, 0.25) is 0 Å². The molecule has 0 unspecified atom stereocenters. The van der Waals surface area contributed by atoms with Crippen LogP contribution in [-0.4, -0.2) is 20.7 Å². The van der Waals surface area contributed by atoms with Crippen LogP contribution in [0.25, 0.3) is 0 Å². The van der Waals surface area contributed by atoms with Crippen molar-refractivity contribution in [3.8, 4) is 5.75 Å². The Labute approximate surface area is 174 Å². The third-order valence-electron chi connectivity index (χ3n) is 3.87. The molecule has 0 saturated heterocycles. The van der Waals surface area contributed by atoms with E-state index in [1.165, 1.54) is 36.4 Å². The zero-order valence-electron chi connectivity index (χ0n) is 15.5. The Hall–Kier alpha value is -3.60. The van der Waals surface area contributed by atoms with Gasteiger partial charge in [-0.2, -0.15) is 0 Å². The van der Waals surface area contributed by atoms with E-state index in [1.54, 1.807) is 0 Å². The lowest BCUT2D eigenvalue weighted by Gasteiger charge is -2.11. The minimum absolute atomic E-state index is 0.131. The number of carbonyl (C=O) groups is 1. The first-order chi connectivity index (χ1) is 14.5. The summed E-state index contributed by atoms with van der Waals surface area (Å²) in [5, 5.41) is 2.50. The summed E-state index contributed by atoms with van der Waals surface area (Å²) < 4.78 is 80.1.